The number of aromatic hydroxyl groups is 2. The van der Waals surface area contributed by atoms with Crippen LogP contribution in [0.2, 0.25) is 0 Å². The monoisotopic (exact) mass is 459 g/mol. The molecule has 0 saturated carbocycles. The molecule has 0 aliphatic heterocycles. The molecule has 0 radical (unpaired) electrons. The molecule has 9 nitrogen and oxygen atoms in total. The van der Waals surface area contributed by atoms with Crippen LogP contribution < -0.4 is 10.1 Å². The standard InChI is InChI=1S/C20H25NO4.C4H4O4/c1-12(11-13-3-5-14(25-2)6-4-13)21-17-9-7-16-15(19(17)23)8-10-18(22)20(16)24;5-3(6)1-2-4(7)8/h3-6,8,10,12,17,19,21-24H,7,9,11H2,1-2H3;1-2H,(H,5,6)(H,7,8)/b;2-1+/t12?,17-,19-;/m0./s1. The molecule has 2 aromatic rings. The molecule has 2 aromatic carbocycles. The highest BCUT2D eigenvalue weighted by Gasteiger charge is 2.31. The number of aliphatic carboxylic acids is 2. The number of benzene rings is 2. The van der Waals surface area contributed by atoms with Gasteiger partial charge in [-0.3, -0.25) is 0 Å². The average Bonchev–Trinajstić information content (AvgIpc) is 2.77. The summed E-state index contributed by atoms with van der Waals surface area (Å²) in [6.45, 7) is 2.10. The Kier molecular flexibility index (Phi) is 9.26. The fourth-order valence-electron chi connectivity index (χ4n) is 3.71. The van der Waals surface area contributed by atoms with E-state index in [0.29, 0.717) is 36.1 Å². The zero-order chi connectivity index (χ0) is 24.5. The first kappa shape index (κ1) is 25.7. The zero-order valence-corrected chi connectivity index (χ0v) is 18.4. The van der Waals surface area contributed by atoms with Crippen LogP contribution in [-0.4, -0.2) is 56.7 Å². The lowest BCUT2D eigenvalue weighted by atomic mass is 9.84. The molecule has 0 amide bonds. The van der Waals surface area contributed by atoms with Crippen LogP contribution in [0.3, 0.4) is 0 Å². The van der Waals surface area contributed by atoms with Gasteiger partial charge in [-0.15, -0.1) is 0 Å². The topological polar surface area (TPSA) is 157 Å². The first-order valence-corrected chi connectivity index (χ1v) is 10.4. The van der Waals surface area contributed by atoms with E-state index in [4.69, 9.17) is 14.9 Å². The number of phenolic OH excluding ortho intramolecular Hbond substituents is 2. The second-order valence-corrected chi connectivity index (χ2v) is 7.72. The molecule has 1 aliphatic carbocycles. The predicted octanol–water partition coefficient (Wildman–Crippen LogP) is 2.39. The van der Waals surface area contributed by atoms with Crippen LogP contribution >= 0.6 is 0 Å². The van der Waals surface area contributed by atoms with Crippen LogP contribution in [0.1, 0.15) is 36.1 Å². The van der Waals surface area contributed by atoms with E-state index in [1.807, 2.05) is 24.3 Å². The lowest BCUT2D eigenvalue weighted by molar-refractivity contribution is -0.134. The van der Waals surface area contributed by atoms with Crippen LogP contribution in [0, 0.1) is 0 Å². The van der Waals surface area contributed by atoms with Gasteiger partial charge in [0.1, 0.15) is 5.75 Å². The molecule has 0 fully saturated rings. The third-order valence-electron chi connectivity index (χ3n) is 5.27. The number of rotatable bonds is 7. The van der Waals surface area contributed by atoms with Crippen LogP contribution in [0.4, 0.5) is 0 Å². The van der Waals surface area contributed by atoms with Crippen molar-refractivity contribution in [2.45, 2.75) is 44.4 Å². The Morgan fingerprint density at radius 1 is 1.09 bits per heavy atom. The van der Waals surface area contributed by atoms with Gasteiger partial charge in [0.2, 0.25) is 0 Å². The normalized spacial score (nSPS) is 18.0. The number of hydrogen-bond acceptors (Lipinski definition) is 7. The minimum Gasteiger partial charge on any atom is -0.504 e. The summed E-state index contributed by atoms with van der Waals surface area (Å²) in [6, 6.07) is 11.2. The first-order chi connectivity index (χ1) is 15.6. The van der Waals surface area contributed by atoms with Crippen LogP contribution in [0.25, 0.3) is 0 Å². The third kappa shape index (κ3) is 7.51. The fourth-order valence-corrected chi connectivity index (χ4v) is 3.71. The van der Waals surface area contributed by atoms with Crippen LogP contribution in [0.15, 0.2) is 48.6 Å². The van der Waals surface area contributed by atoms with E-state index < -0.39 is 18.0 Å². The molecule has 0 heterocycles. The van der Waals surface area contributed by atoms with Gasteiger partial charge >= 0.3 is 11.9 Å². The summed E-state index contributed by atoms with van der Waals surface area (Å²) < 4.78 is 5.17. The summed E-state index contributed by atoms with van der Waals surface area (Å²) in [6.07, 6.45) is 2.59. The maximum absolute atomic E-state index is 10.6. The first-order valence-electron chi connectivity index (χ1n) is 10.4. The minimum atomic E-state index is -1.26. The van der Waals surface area contributed by atoms with Crippen molar-refractivity contribution in [3.8, 4) is 17.2 Å². The van der Waals surface area contributed by atoms with Crippen molar-refractivity contribution in [3.05, 3.63) is 65.2 Å². The van der Waals surface area contributed by atoms with Crippen LogP contribution in [-0.2, 0) is 22.4 Å². The lowest BCUT2D eigenvalue weighted by Crippen LogP contribution is -2.43. The SMILES string of the molecule is COc1ccc(CC(C)N[C@H]2CCc3c(ccc(O)c3O)[C@@H]2O)cc1.O=C(O)/C=C/C(=O)O. The van der Waals surface area contributed by atoms with Crippen molar-refractivity contribution >= 4 is 11.9 Å². The summed E-state index contributed by atoms with van der Waals surface area (Å²) in [4.78, 5) is 19.1. The number of aliphatic hydroxyl groups excluding tert-OH is 1. The number of nitrogens with one attached hydrogen (secondary N) is 1. The van der Waals surface area contributed by atoms with Gasteiger partial charge in [-0.2, -0.15) is 0 Å². The molecule has 1 aliphatic rings. The molecule has 9 heteroatoms. The number of hydrogen-bond donors (Lipinski definition) is 6. The second-order valence-electron chi connectivity index (χ2n) is 7.72. The quantitative estimate of drug-likeness (QED) is 0.270. The van der Waals surface area contributed by atoms with E-state index in [-0.39, 0.29) is 23.6 Å². The highest BCUT2D eigenvalue weighted by Crippen LogP contribution is 2.39. The molecule has 3 atom stereocenters. The Morgan fingerprint density at radius 2 is 1.70 bits per heavy atom. The molecular formula is C24H29NO8. The van der Waals surface area contributed by atoms with Gasteiger partial charge in [0.25, 0.3) is 0 Å². The smallest absolute Gasteiger partial charge is 0.328 e. The maximum atomic E-state index is 10.6. The van der Waals surface area contributed by atoms with E-state index in [0.717, 1.165) is 12.2 Å². The Labute approximate surface area is 191 Å². The van der Waals surface area contributed by atoms with E-state index in [1.165, 1.54) is 11.6 Å². The zero-order valence-electron chi connectivity index (χ0n) is 18.4. The number of ether oxygens (including phenoxy) is 1. The number of carboxylic acid groups (broad SMARTS) is 2. The van der Waals surface area contributed by atoms with Crippen molar-refractivity contribution in [1.82, 2.24) is 5.32 Å². The Bertz CT molecular complexity index is 971. The van der Waals surface area contributed by atoms with Crippen molar-refractivity contribution in [3.63, 3.8) is 0 Å². The van der Waals surface area contributed by atoms with E-state index in [1.54, 1.807) is 13.2 Å². The highest BCUT2D eigenvalue weighted by molar-refractivity contribution is 5.89. The van der Waals surface area contributed by atoms with Gasteiger partial charge in [-0.25, -0.2) is 9.59 Å². The average molecular weight is 459 g/mol. The highest BCUT2D eigenvalue weighted by atomic mass is 16.5. The lowest BCUT2D eigenvalue weighted by Gasteiger charge is -2.33. The molecule has 0 saturated heterocycles. The molecule has 33 heavy (non-hydrogen) atoms. The van der Waals surface area contributed by atoms with Crippen LogP contribution in [0.5, 0.6) is 17.2 Å². The van der Waals surface area contributed by atoms with Gasteiger partial charge in [0.15, 0.2) is 11.5 Å². The van der Waals surface area contributed by atoms with Gasteiger partial charge in [0, 0.05) is 29.8 Å². The van der Waals surface area contributed by atoms with Crippen molar-refractivity contribution in [1.29, 1.82) is 0 Å². The minimum absolute atomic E-state index is 0.0790. The van der Waals surface area contributed by atoms with Gasteiger partial charge < -0.3 is 35.6 Å². The van der Waals surface area contributed by atoms with E-state index in [2.05, 4.69) is 12.2 Å². The molecule has 178 valence electrons. The summed E-state index contributed by atoms with van der Waals surface area (Å²) in [5.41, 5.74) is 2.54. The van der Waals surface area contributed by atoms with Crippen molar-refractivity contribution < 1.29 is 39.9 Å². The van der Waals surface area contributed by atoms with Crippen molar-refractivity contribution in [2.75, 3.05) is 7.11 Å². The van der Waals surface area contributed by atoms with Crippen molar-refractivity contribution in [2.24, 2.45) is 0 Å². The Balaban J connectivity index is 0.000000414. The van der Waals surface area contributed by atoms with E-state index >= 15 is 0 Å². The van der Waals surface area contributed by atoms with Gasteiger partial charge in [0.05, 0.1) is 13.2 Å². The van der Waals surface area contributed by atoms with E-state index in [9.17, 15) is 24.9 Å². The summed E-state index contributed by atoms with van der Waals surface area (Å²) in [5.74, 6) is -1.92. The molecular weight excluding hydrogens is 430 g/mol. The Hall–Kier alpha value is -3.56. The molecule has 0 aromatic heterocycles. The molecule has 3 rings (SSSR count). The predicted molar refractivity (Wildman–Crippen MR) is 121 cm³/mol. The van der Waals surface area contributed by atoms with Gasteiger partial charge in [-0.05, 0) is 55.5 Å². The molecule has 1 unspecified atom stereocenters. The molecule has 0 spiro atoms. The Morgan fingerprint density at radius 3 is 2.24 bits per heavy atom. The molecule has 0 bridgehead atoms. The summed E-state index contributed by atoms with van der Waals surface area (Å²) in [7, 11) is 1.65. The van der Waals surface area contributed by atoms with Gasteiger partial charge in [-0.1, -0.05) is 18.2 Å². The maximum Gasteiger partial charge on any atom is 0.328 e. The largest absolute Gasteiger partial charge is 0.504 e. The molecule has 6 N–H and O–H groups in total. The number of fused-ring (bicyclic) bond motifs is 1. The third-order valence-corrected chi connectivity index (χ3v) is 5.27. The number of carboxylic acids is 2. The number of aliphatic hydroxyl groups is 1. The fraction of sp³-hybridized carbons (Fsp3) is 0.333. The number of carbonyl (C=O) groups is 2. The summed E-state index contributed by atoms with van der Waals surface area (Å²) in [5, 5.41) is 49.4. The second kappa shape index (κ2) is 11.9. The summed E-state index contributed by atoms with van der Waals surface area (Å²) >= 11 is 0. The number of methoxy groups -OCH3 is 1. The number of phenols is 2.